The largest absolute Gasteiger partial charge is 0.507 e. The van der Waals surface area contributed by atoms with Gasteiger partial charge in [0.15, 0.2) is 0 Å². The van der Waals surface area contributed by atoms with Gasteiger partial charge < -0.3 is 5.11 Å². The molecule has 3 rings (SSSR count). The zero-order chi connectivity index (χ0) is 14.8. The lowest BCUT2D eigenvalue weighted by molar-refractivity contribution is 0.482. The van der Waals surface area contributed by atoms with E-state index in [9.17, 15) is 5.11 Å². The lowest BCUT2D eigenvalue weighted by Gasteiger charge is -2.12. The van der Waals surface area contributed by atoms with Crippen LogP contribution < -0.4 is 0 Å². The zero-order valence-corrected chi connectivity index (χ0v) is 12.2. The van der Waals surface area contributed by atoms with E-state index in [0.29, 0.717) is 0 Å². The number of hydrogen-bond donors (Lipinski definition) is 1. The number of nitrogens with zero attached hydrogens (tertiary/aromatic N) is 1. The molecule has 0 saturated carbocycles. The first-order chi connectivity index (χ1) is 10.2. The van der Waals surface area contributed by atoms with Crippen LogP contribution in [0.15, 0.2) is 59.6 Å². The number of phenolic OH excluding ortho intramolecular Hbond substituents is 1. The van der Waals surface area contributed by atoms with Crippen molar-refractivity contribution in [2.75, 3.05) is 0 Å². The summed E-state index contributed by atoms with van der Waals surface area (Å²) in [5, 5.41) is 12.1. The first-order valence-electron chi connectivity index (χ1n) is 7.01. The average molecular weight is 275 g/mol. The number of hydrogen-bond acceptors (Lipinski definition) is 2. The van der Waals surface area contributed by atoms with Crippen molar-refractivity contribution in [2.24, 2.45) is 4.99 Å². The maximum Gasteiger partial charge on any atom is 0.125 e. The van der Waals surface area contributed by atoms with Crippen LogP contribution in [-0.4, -0.2) is 11.3 Å². The van der Waals surface area contributed by atoms with Crippen molar-refractivity contribution in [3.8, 4) is 16.9 Å². The summed E-state index contributed by atoms with van der Waals surface area (Å²) >= 11 is 0. The molecule has 0 aliphatic carbocycles. The number of aromatic hydroxyl groups is 1. The predicted molar refractivity (Wildman–Crippen MR) is 89.6 cm³/mol. The molecule has 2 nitrogen and oxygen atoms in total. The summed E-state index contributed by atoms with van der Waals surface area (Å²) in [6.45, 7) is 3.90. The van der Waals surface area contributed by atoms with Gasteiger partial charge in [0, 0.05) is 6.21 Å². The Labute approximate surface area is 124 Å². The van der Waals surface area contributed by atoms with Crippen LogP contribution in [-0.2, 0) is 0 Å². The number of phenols is 1. The smallest absolute Gasteiger partial charge is 0.125 e. The number of aliphatic imine (C=N–C) groups is 1. The molecule has 0 aliphatic rings. The summed E-state index contributed by atoms with van der Waals surface area (Å²) < 4.78 is 0. The number of aryl methyl sites for hydroxylation is 1. The minimum atomic E-state index is 0.272. The monoisotopic (exact) mass is 275 g/mol. The topological polar surface area (TPSA) is 32.6 Å². The van der Waals surface area contributed by atoms with Crippen molar-refractivity contribution in [1.82, 2.24) is 0 Å². The number of rotatable bonds is 2. The van der Waals surface area contributed by atoms with E-state index in [1.165, 1.54) is 0 Å². The van der Waals surface area contributed by atoms with Crippen molar-refractivity contribution in [3.63, 3.8) is 0 Å². The highest BCUT2D eigenvalue weighted by molar-refractivity contribution is 6.07. The Hall–Kier alpha value is -2.61. The third-order valence-electron chi connectivity index (χ3n) is 3.68. The van der Waals surface area contributed by atoms with Crippen molar-refractivity contribution >= 4 is 22.7 Å². The molecule has 0 heterocycles. The van der Waals surface area contributed by atoms with Crippen LogP contribution in [0.5, 0.6) is 5.75 Å². The number of benzene rings is 3. The van der Waals surface area contributed by atoms with Crippen molar-refractivity contribution in [1.29, 1.82) is 0 Å². The Morgan fingerprint density at radius 3 is 2.43 bits per heavy atom. The van der Waals surface area contributed by atoms with Crippen LogP contribution in [0.25, 0.3) is 21.9 Å². The van der Waals surface area contributed by atoms with E-state index in [1.807, 2.05) is 38.1 Å². The van der Waals surface area contributed by atoms with E-state index < -0.39 is 0 Å². The van der Waals surface area contributed by atoms with E-state index in [1.54, 1.807) is 12.3 Å². The molecule has 0 aliphatic heterocycles. The van der Waals surface area contributed by atoms with Crippen molar-refractivity contribution in [3.05, 3.63) is 60.2 Å². The summed E-state index contributed by atoms with van der Waals surface area (Å²) in [6.07, 6.45) is 1.76. The third kappa shape index (κ3) is 2.29. The zero-order valence-electron chi connectivity index (χ0n) is 12.2. The van der Waals surface area contributed by atoms with E-state index in [2.05, 4.69) is 29.3 Å². The Morgan fingerprint density at radius 2 is 1.71 bits per heavy atom. The number of fused-ring (bicyclic) bond motifs is 1. The fourth-order valence-corrected chi connectivity index (χ4v) is 2.68. The van der Waals surface area contributed by atoms with Crippen LogP contribution in [0.1, 0.15) is 12.5 Å². The van der Waals surface area contributed by atoms with Gasteiger partial charge in [-0.25, -0.2) is 0 Å². The molecule has 21 heavy (non-hydrogen) atoms. The van der Waals surface area contributed by atoms with Crippen LogP contribution in [0.3, 0.4) is 0 Å². The minimum absolute atomic E-state index is 0.272. The molecule has 0 saturated heterocycles. The molecule has 0 spiro atoms. The average Bonchev–Trinajstić information content (AvgIpc) is 2.51. The lowest BCUT2D eigenvalue weighted by atomic mass is 9.95. The van der Waals surface area contributed by atoms with Crippen LogP contribution >= 0.6 is 0 Å². The summed E-state index contributed by atoms with van der Waals surface area (Å²) in [4.78, 5) is 4.44. The summed E-state index contributed by atoms with van der Waals surface area (Å²) in [5.74, 6) is 0.272. The standard InChI is InChI=1S/C19H17NO/c1-3-20-19-13(2)9-10-16-15(11-12-17(21)18(16)19)14-7-5-4-6-8-14/h3-12,21H,1-2H3. The Bertz CT molecular complexity index is 820. The Balaban J connectivity index is 2.41. The molecular weight excluding hydrogens is 258 g/mol. The van der Waals surface area contributed by atoms with E-state index in [0.717, 1.165) is 33.2 Å². The van der Waals surface area contributed by atoms with Crippen LogP contribution in [0.2, 0.25) is 0 Å². The van der Waals surface area contributed by atoms with Gasteiger partial charge in [-0.3, -0.25) is 4.99 Å². The van der Waals surface area contributed by atoms with Gasteiger partial charge in [0.2, 0.25) is 0 Å². The molecule has 3 aromatic carbocycles. The highest BCUT2D eigenvalue weighted by Crippen LogP contribution is 2.40. The molecule has 0 amide bonds. The van der Waals surface area contributed by atoms with E-state index in [-0.39, 0.29) is 5.75 Å². The quantitative estimate of drug-likeness (QED) is 0.637. The predicted octanol–water partition coefficient (Wildman–Crippen LogP) is 5.24. The highest BCUT2D eigenvalue weighted by atomic mass is 16.3. The molecule has 0 aromatic heterocycles. The normalized spacial score (nSPS) is 11.3. The van der Waals surface area contributed by atoms with Gasteiger partial charge in [-0.05, 0) is 42.0 Å². The molecule has 1 N–H and O–H groups in total. The molecule has 104 valence electrons. The van der Waals surface area contributed by atoms with Crippen molar-refractivity contribution < 1.29 is 5.11 Å². The Kier molecular flexibility index (Phi) is 3.44. The lowest BCUT2D eigenvalue weighted by Crippen LogP contribution is -1.85. The maximum absolute atomic E-state index is 10.3. The molecule has 0 bridgehead atoms. The van der Waals surface area contributed by atoms with Gasteiger partial charge in [0.05, 0.1) is 11.1 Å². The summed E-state index contributed by atoms with van der Waals surface area (Å²) in [5.41, 5.74) is 4.14. The van der Waals surface area contributed by atoms with Gasteiger partial charge in [0.25, 0.3) is 0 Å². The molecule has 0 atom stereocenters. The summed E-state index contributed by atoms with van der Waals surface area (Å²) in [7, 11) is 0. The van der Waals surface area contributed by atoms with Crippen molar-refractivity contribution in [2.45, 2.75) is 13.8 Å². The van der Waals surface area contributed by atoms with Crippen LogP contribution in [0.4, 0.5) is 5.69 Å². The SMILES string of the molecule is CC=Nc1c(C)ccc2c(-c3ccccc3)ccc(O)c12. The van der Waals surface area contributed by atoms with Gasteiger partial charge in [-0.1, -0.05) is 48.5 Å². The second-order valence-corrected chi connectivity index (χ2v) is 5.04. The van der Waals surface area contributed by atoms with Gasteiger partial charge >= 0.3 is 0 Å². The van der Waals surface area contributed by atoms with Gasteiger partial charge in [-0.15, -0.1) is 0 Å². The first kappa shape index (κ1) is 13.4. The second-order valence-electron chi connectivity index (χ2n) is 5.04. The maximum atomic E-state index is 10.3. The molecule has 3 aromatic rings. The molecule has 0 unspecified atom stereocenters. The Morgan fingerprint density at radius 1 is 0.952 bits per heavy atom. The summed E-state index contributed by atoms with van der Waals surface area (Å²) in [6, 6.07) is 18.0. The van der Waals surface area contributed by atoms with E-state index in [4.69, 9.17) is 0 Å². The molecule has 2 heteroatoms. The van der Waals surface area contributed by atoms with Gasteiger partial charge in [0.1, 0.15) is 5.75 Å². The minimum Gasteiger partial charge on any atom is -0.507 e. The molecule has 0 radical (unpaired) electrons. The fourth-order valence-electron chi connectivity index (χ4n) is 2.68. The van der Waals surface area contributed by atoms with E-state index >= 15 is 0 Å². The van der Waals surface area contributed by atoms with Gasteiger partial charge in [-0.2, -0.15) is 0 Å². The molecular formula is C19H17NO. The fraction of sp³-hybridized carbons (Fsp3) is 0.105. The van der Waals surface area contributed by atoms with Crippen LogP contribution in [0, 0.1) is 6.92 Å². The molecule has 0 fully saturated rings. The third-order valence-corrected chi connectivity index (χ3v) is 3.68. The first-order valence-corrected chi connectivity index (χ1v) is 7.01. The highest BCUT2D eigenvalue weighted by Gasteiger charge is 2.12. The second kappa shape index (κ2) is 5.41.